The maximum atomic E-state index is 12.0. The highest BCUT2D eigenvalue weighted by Gasteiger charge is 2.35. The summed E-state index contributed by atoms with van der Waals surface area (Å²) in [5.74, 6) is -0.875. The number of urea groups is 1. The minimum Gasteiger partial charge on any atom is -0.481 e. The average Bonchev–Trinajstić information content (AvgIpc) is 2.49. The van der Waals surface area contributed by atoms with Crippen molar-refractivity contribution in [3.8, 4) is 0 Å². The van der Waals surface area contributed by atoms with Gasteiger partial charge in [-0.05, 0) is 25.0 Å². The number of carboxylic acid groups (broad SMARTS) is 1. The molecule has 1 heterocycles. The molecule has 116 valence electrons. The van der Waals surface area contributed by atoms with Gasteiger partial charge in [-0.3, -0.25) is 9.78 Å². The Kier molecular flexibility index (Phi) is 6.14. The molecular weight excluding hydrogens is 270 g/mol. The highest BCUT2D eigenvalue weighted by molar-refractivity contribution is 5.78. The normalized spacial score (nSPS) is 11.0. The molecule has 2 amide bonds. The number of pyridine rings is 1. The van der Waals surface area contributed by atoms with Crippen molar-refractivity contribution in [1.29, 1.82) is 0 Å². The van der Waals surface area contributed by atoms with Crippen LogP contribution in [-0.2, 0) is 11.3 Å². The molecule has 0 aliphatic rings. The van der Waals surface area contributed by atoms with E-state index in [0.29, 0.717) is 19.4 Å². The summed E-state index contributed by atoms with van der Waals surface area (Å²) in [5.41, 5.74) is -0.118. The zero-order chi connectivity index (χ0) is 15.9. The number of aromatic nitrogens is 1. The lowest BCUT2D eigenvalue weighted by molar-refractivity contribution is -0.149. The smallest absolute Gasteiger partial charge is 0.317 e. The number of carboxylic acids is 1. The average molecular weight is 293 g/mol. The van der Waals surface area contributed by atoms with Gasteiger partial charge in [0.1, 0.15) is 0 Å². The Balaban J connectivity index is 2.58. The third kappa shape index (κ3) is 4.44. The molecule has 0 aromatic carbocycles. The standard InChI is InChI=1S/C15H23N3O3/c1-4-15(5-2,13(19)20)11-17-14(21)18(3)10-12-8-6-7-9-16-12/h6-9H,4-5,10-11H2,1-3H3,(H,17,21)(H,19,20). The zero-order valence-electron chi connectivity index (χ0n) is 12.8. The molecule has 6 nitrogen and oxygen atoms in total. The number of hydrogen-bond acceptors (Lipinski definition) is 3. The van der Waals surface area contributed by atoms with E-state index in [9.17, 15) is 14.7 Å². The SMILES string of the molecule is CCC(CC)(CNC(=O)N(C)Cc1ccccn1)C(=O)O. The van der Waals surface area contributed by atoms with Crippen LogP contribution < -0.4 is 5.32 Å². The van der Waals surface area contributed by atoms with Crippen molar-refractivity contribution in [3.63, 3.8) is 0 Å². The maximum Gasteiger partial charge on any atom is 0.317 e. The van der Waals surface area contributed by atoms with E-state index in [1.807, 2.05) is 32.0 Å². The topological polar surface area (TPSA) is 82.5 Å². The Morgan fingerprint density at radius 2 is 2.00 bits per heavy atom. The fourth-order valence-corrected chi connectivity index (χ4v) is 2.06. The Bertz CT molecular complexity index is 472. The largest absolute Gasteiger partial charge is 0.481 e. The molecule has 2 N–H and O–H groups in total. The second-order valence-electron chi connectivity index (χ2n) is 5.13. The summed E-state index contributed by atoms with van der Waals surface area (Å²) in [5, 5.41) is 12.0. The first-order chi connectivity index (χ1) is 9.95. The van der Waals surface area contributed by atoms with Crippen molar-refractivity contribution in [2.24, 2.45) is 5.41 Å². The number of carbonyl (C=O) groups excluding carboxylic acids is 1. The van der Waals surface area contributed by atoms with Gasteiger partial charge in [-0.15, -0.1) is 0 Å². The van der Waals surface area contributed by atoms with Gasteiger partial charge in [-0.25, -0.2) is 4.79 Å². The quantitative estimate of drug-likeness (QED) is 0.806. The first-order valence-corrected chi connectivity index (χ1v) is 7.07. The third-order valence-electron chi connectivity index (χ3n) is 3.86. The summed E-state index contributed by atoms with van der Waals surface area (Å²) >= 11 is 0. The van der Waals surface area contributed by atoms with Crippen LogP contribution in [0.1, 0.15) is 32.4 Å². The van der Waals surface area contributed by atoms with Crippen molar-refractivity contribution in [2.75, 3.05) is 13.6 Å². The number of hydrogen-bond donors (Lipinski definition) is 2. The van der Waals surface area contributed by atoms with Crippen LogP contribution >= 0.6 is 0 Å². The molecule has 1 rings (SSSR count). The Labute approximate surface area is 125 Å². The predicted molar refractivity (Wildman–Crippen MR) is 79.8 cm³/mol. The highest BCUT2D eigenvalue weighted by atomic mass is 16.4. The molecule has 1 aromatic rings. The van der Waals surface area contributed by atoms with Crippen LogP contribution in [0.15, 0.2) is 24.4 Å². The van der Waals surface area contributed by atoms with Crippen LogP contribution in [0.4, 0.5) is 4.79 Å². The molecule has 0 saturated carbocycles. The van der Waals surface area contributed by atoms with Crippen molar-refractivity contribution < 1.29 is 14.7 Å². The molecule has 1 aromatic heterocycles. The van der Waals surface area contributed by atoms with E-state index >= 15 is 0 Å². The maximum absolute atomic E-state index is 12.0. The molecule has 0 saturated heterocycles. The first kappa shape index (κ1) is 16.9. The van der Waals surface area contributed by atoms with Crippen LogP contribution in [-0.4, -0.2) is 40.6 Å². The Morgan fingerprint density at radius 3 is 2.48 bits per heavy atom. The fraction of sp³-hybridized carbons (Fsp3) is 0.533. The van der Waals surface area contributed by atoms with Gasteiger partial charge in [-0.2, -0.15) is 0 Å². The minimum atomic E-state index is -0.901. The second kappa shape index (κ2) is 7.61. The van der Waals surface area contributed by atoms with Crippen molar-refractivity contribution in [3.05, 3.63) is 30.1 Å². The van der Waals surface area contributed by atoms with Gasteiger partial charge < -0.3 is 15.3 Å². The summed E-state index contributed by atoms with van der Waals surface area (Å²) < 4.78 is 0. The van der Waals surface area contributed by atoms with E-state index in [4.69, 9.17) is 0 Å². The molecule has 21 heavy (non-hydrogen) atoms. The fourth-order valence-electron chi connectivity index (χ4n) is 2.06. The van der Waals surface area contributed by atoms with Crippen LogP contribution in [0.5, 0.6) is 0 Å². The van der Waals surface area contributed by atoms with Crippen LogP contribution in [0.3, 0.4) is 0 Å². The Hall–Kier alpha value is -2.11. The highest BCUT2D eigenvalue weighted by Crippen LogP contribution is 2.25. The number of aliphatic carboxylic acids is 1. The van der Waals surface area contributed by atoms with Gasteiger partial charge in [0.15, 0.2) is 0 Å². The number of amides is 2. The van der Waals surface area contributed by atoms with E-state index in [1.165, 1.54) is 4.90 Å². The molecule has 0 radical (unpaired) electrons. The lowest BCUT2D eigenvalue weighted by atomic mass is 9.82. The second-order valence-corrected chi connectivity index (χ2v) is 5.13. The molecule has 0 spiro atoms. The van der Waals surface area contributed by atoms with E-state index in [0.717, 1.165) is 5.69 Å². The van der Waals surface area contributed by atoms with E-state index < -0.39 is 11.4 Å². The van der Waals surface area contributed by atoms with E-state index in [2.05, 4.69) is 10.3 Å². The van der Waals surface area contributed by atoms with Crippen molar-refractivity contribution in [1.82, 2.24) is 15.2 Å². The minimum absolute atomic E-state index is 0.126. The summed E-state index contributed by atoms with van der Waals surface area (Å²) in [7, 11) is 1.66. The molecule has 0 aliphatic carbocycles. The Morgan fingerprint density at radius 1 is 1.33 bits per heavy atom. The van der Waals surface area contributed by atoms with Crippen LogP contribution in [0.25, 0.3) is 0 Å². The first-order valence-electron chi connectivity index (χ1n) is 7.07. The van der Waals surface area contributed by atoms with Gasteiger partial charge in [0, 0.05) is 19.8 Å². The molecule has 0 fully saturated rings. The zero-order valence-corrected chi connectivity index (χ0v) is 12.8. The molecule has 0 bridgehead atoms. The van der Waals surface area contributed by atoms with Crippen LogP contribution in [0.2, 0.25) is 0 Å². The summed E-state index contributed by atoms with van der Waals surface area (Å²) in [6, 6.07) is 5.21. The van der Waals surface area contributed by atoms with Gasteiger partial charge in [0.05, 0.1) is 17.7 Å². The number of nitrogens with zero attached hydrogens (tertiary/aromatic N) is 2. The summed E-state index contributed by atoms with van der Waals surface area (Å²) in [4.78, 5) is 29.1. The van der Waals surface area contributed by atoms with Gasteiger partial charge in [0.2, 0.25) is 0 Å². The van der Waals surface area contributed by atoms with Gasteiger partial charge in [0.25, 0.3) is 0 Å². The van der Waals surface area contributed by atoms with E-state index in [1.54, 1.807) is 13.2 Å². The predicted octanol–water partition coefficient (Wildman–Crippen LogP) is 2.11. The monoisotopic (exact) mass is 293 g/mol. The molecule has 0 atom stereocenters. The summed E-state index contributed by atoms with van der Waals surface area (Å²) in [6.07, 6.45) is 2.62. The van der Waals surface area contributed by atoms with Crippen molar-refractivity contribution in [2.45, 2.75) is 33.2 Å². The van der Waals surface area contributed by atoms with Gasteiger partial charge >= 0.3 is 12.0 Å². The van der Waals surface area contributed by atoms with E-state index in [-0.39, 0.29) is 12.6 Å². The third-order valence-corrected chi connectivity index (χ3v) is 3.86. The number of nitrogens with one attached hydrogen (secondary N) is 1. The molecular formula is C15H23N3O3. The number of carbonyl (C=O) groups is 2. The van der Waals surface area contributed by atoms with Crippen LogP contribution in [0, 0.1) is 5.41 Å². The summed E-state index contributed by atoms with van der Waals surface area (Å²) in [6.45, 7) is 4.15. The molecule has 6 heteroatoms. The number of rotatable bonds is 7. The van der Waals surface area contributed by atoms with Crippen molar-refractivity contribution >= 4 is 12.0 Å². The van der Waals surface area contributed by atoms with Gasteiger partial charge in [-0.1, -0.05) is 19.9 Å². The molecule has 0 unspecified atom stereocenters. The lowest BCUT2D eigenvalue weighted by Gasteiger charge is -2.28. The molecule has 0 aliphatic heterocycles. The lowest BCUT2D eigenvalue weighted by Crippen LogP contribution is -2.46.